The molecular weight excluding hydrogens is 401 g/mol. The molecule has 30 heavy (non-hydrogen) atoms. The Balaban J connectivity index is 1.86. The summed E-state index contributed by atoms with van der Waals surface area (Å²) in [5, 5.41) is 6.56. The molecule has 0 saturated heterocycles. The number of nitrogens with two attached hydrogens (primary N) is 1. The van der Waals surface area contributed by atoms with Gasteiger partial charge in [-0.05, 0) is 43.7 Å². The summed E-state index contributed by atoms with van der Waals surface area (Å²) in [7, 11) is 0. The summed E-state index contributed by atoms with van der Waals surface area (Å²) in [5.74, 6) is -0.185. The number of anilines is 1. The number of aromatic nitrogens is 4. The van der Waals surface area contributed by atoms with Crippen LogP contribution < -0.4 is 16.6 Å². The van der Waals surface area contributed by atoms with Crippen LogP contribution in [0.2, 0.25) is 0 Å². The van der Waals surface area contributed by atoms with E-state index in [1.807, 2.05) is 0 Å². The number of rotatable bonds is 4. The molecule has 2 heterocycles. The third-order valence-electron chi connectivity index (χ3n) is 4.20. The van der Waals surface area contributed by atoms with Crippen LogP contribution in [0.5, 0.6) is 0 Å². The number of amides is 1. The van der Waals surface area contributed by atoms with Gasteiger partial charge in [0.15, 0.2) is 0 Å². The molecule has 156 valence electrons. The van der Waals surface area contributed by atoms with E-state index in [0.717, 1.165) is 22.9 Å². The van der Waals surface area contributed by atoms with Gasteiger partial charge in [-0.1, -0.05) is 0 Å². The second-order valence-corrected chi connectivity index (χ2v) is 6.54. The van der Waals surface area contributed by atoms with Crippen LogP contribution in [0.25, 0.3) is 5.69 Å². The Morgan fingerprint density at radius 2 is 1.83 bits per heavy atom. The Hall–Kier alpha value is -3.76. The Morgan fingerprint density at radius 1 is 1.17 bits per heavy atom. The lowest BCUT2D eigenvalue weighted by Gasteiger charge is -2.17. The van der Waals surface area contributed by atoms with E-state index in [2.05, 4.69) is 20.4 Å². The van der Waals surface area contributed by atoms with Gasteiger partial charge in [-0.2, -0.15) is 23.0 Å². The van der Waals surface area contributed by atoms with Gasteiger partial charge in [0.25, 0.3) is 11.5 Å². The third-order valence-corrected chi connectivity index (χ3v) is 4.20. The van der Waals surface area contributed by atoms with Crippen LogP contribution in [-0.4, -0.2) is 25.7 Å². The van der Waals surface area contributed by atoms with Crippen molar-refractivity contribution < 1.29 is 18.0 Å². The van der Waals surface area contributed by atoms with Crippen molar-refractivity contribution in [3.05, 3.63) is 75.7 Å². The number of alkyl halides is 3. The zero-order valence-electron chi connectivity index (χ0n) is 15.9. The largest absolute Gasteiger partial charge is 0.416 e. The molecular formula is C19H17F3N6O2. The van der Waals surface area contributed by atoms with E-state index in [9.17, 15) is 22.8 Å². The molecule has 3 rings (SSSR count). The van der Waals surface area contributed by atoms with E-state index in [1.165, 1.54) is 31.5 Å². The summed E-state index contributed by atoms with van der Waals surface area (Å²) < 4.78 is 40.0. The van der Waals surface area contributed by atoms with Crippen molar-refractivity contribution in [3.63, 3.8) is 0 Å². The van der Waals surface area contributed by atoms with Crippen molar-refractivity contribution in [2.45, 2.75) is 26.1 Å². The van der Waals surface area contributed by atoms with Gasteiger partial charge >= 0.3 is 6.18 Å². The summed E-state index contributed by atoms with van der Waals surface area (Å²) in [5.41, 5.74) is 4.41. The Labute approximate surface area is 168 Å². The van der Waals surface area contributed by atoms with Crippen molar-refractivity contribution in [2.75, 3.05) is 5.73 Å². The van der Waals surface area contributed by atoms with Gasteiger partial charge in [0.1, 0.15) is 17.2 Å². The van der Waals surface area contributed by atoms with Crippen LogP contribution in [0, 0.1) is 6.92 Å². The van der Waals surface area contributed by atoms with Crippen molar-refractivity contribution in [3.8, 4) is 5.69 Å². The third kappa shape index (κ3) is 4.62. The van der Waals surface area contributed by atoms with E-state index in [1.54, 1.807) is 6.92 Å². The number of nitrogens with one attached hydrogen (secondary N) is 1. The number of hydrogen-bond acceptors (Lipinski definition) is 6. The van der Waals surface area contributed by atoms with Crippen LogP contribution in [0.3, 0.4) is 0 Å². The molecule has 1 atom stereocenters. The quantitative estimate of drug-likeness (QED) is 0.629. The lowest BCUT2D eigenvalue weighted by atomic mass is 10.0. The molecule has 11 heteroatoms. The molecule has 3 aromatic rings. The lowest BCUT2D eigenvalue weighted by molar-refractivity contribution is -0.137. The second kappa shape index (κ2) is 7.93. The summed E-state index contributed by atoms with van der Waals surface area (Å²) in [4.78, 5) is 32.6. The maximum Gasteiger partial charge on any atom is 0.416 e. The molecule has 0 spiro atoms. The fraction of sp³-hybridized carbons (Fsp3) is 0.211. The predicted molar refractivity (Wildman–Crippen MR) is 102 cm³/mol. The highest BCUT2D eigenvalue weighted by Crippen LogP contribution is 2.32. The molecule has 0 aliphatic rings. The first kappa shape index (κ1) is 21.0. The zero-order valence-corrected chi connectivity index (χ0v) is 15.9. The minimum absolute atomic E-state index is 0.0769. The Kier molecular flexibility index (Phi) is 5.54. The summed E-state index contributed by atoms with van der Waals surface area (Å²) in [6.45, 7) is 3.18. The number of nitrogen functional groups attached to an aromatic ring is 1. The Bertz CT molecular complexity index is 1140. The first-order chi connectivity index (χ1) is 14.0. The standard InChI is InChI=1S/C19H17F3N6O2/c1-10(12-5-13(19(20,21)22)7-14(23)6-12)26-18(30)16-3-4-17(29)28(27-16)15-8-24-11(2)25-9-15/h3-10H,23H2,1-2H3,(H,26,30)/t10-/m1/s1. The first-order valence-corrected chi connectivity index (χ1v) is 8.72. The molecule has 1 aromatic carbocycles. The number of nitrogens with zero attached hydrogens (tertiary/aromatic N) is 4. The van der Waals surface area contributed by atoms with Crippen LogP contribution in [0.15, 0.2) is 47.5 Å². The van der Waals surface area contributed by atoms with E-state index in [4.69, 9.17) is 5.73 Å². The molecule has 0 aliphatic heterocycles. The molecule has 8 nitrogen and oxygen atoms in total. The van der Waals surface area contributed by atoms with E-state index >= 15 is 0 Å². The molecule has 2 aromatic heterocycles. The van der Waals surface area contributed by atoms with E-state index in [0.29, 0.717) is 5.82 Å². The van der Waals surface area contributed by atoms with Gasteiger partial charge < -0.3 is 11.1 Å². The summed E-state index contributed by atoms with van der Waals surface area (Å²) in [6.07, 6.45) is -1.81. The number of carbonyl (C=O) groups is 1. The monoisotopic (exact) mass is 418 g/mol. The minimum atomic E-state index is -4.57. The van der Waals surface area contributed by atoms with E-state index < -0.39 is 29.2 Å². The maximum absolute atomic E-state index is 13.0. The van der Waals surface area contributed by atoms with Gasteiger partial charge in [0.05, 0.1) is 24.0 Å². The summed E-state index contributed by atoms with van der Waals surface area (Å²) >= 11 is 0. The molecule has 1 amide bonds. The SMILES string of the molecule is Cc1ncc(-n2nc(C(=O)N[C@H](C)c3cc(N)cc(C(F)(F)F)c3)ccc2=O)cn1. The van der Waals surface area contributed by atoms with Gasteiger partial charge in [-0.3, -0.25) is 9.59 Å². The van der Waals surface area contributed by atoms with Gasteiger partial charge in [-0.25, -0.2) is 9.97 Å². The normalized spacial score (nSPS) is 12.4. The van der Waals surface area contributed by atoms with Crippen molar-refractivity contribution in [1.29, 1.82) is 0 Å². The number of halogens is 3. The zero-order chi connectivity index (χ0) is 22.1. The highest BCUT2D eigenvalue weighted by molar-refractivity contribution is 5.92. The van der Waals surface area contributed by atoms with Crippen LogP contribution >= 0.6 is 0 Å². The second-order valence-electron chi connectivity index (χ2n) is 6.54. The average Bonchev–Trinajstić information content (AvgIpc) is 2.68. The van der Waals surface area contributed by atoms with Crippen molar-refractivity contribution >= 4 is 11.6 Å². The molecule has 0 fully saturated rings. The number of hydrogen-bond donors (Lipinski definition) is 2. The van der Waals surface area contributed by atoms with Gasteiger partial charge in [0.2, 0.25) is 0 Å². The molecule has 3 N–H and O–H groups in total. The molecule has 0 unspecified atom stereocenters. The highest BCUT2D eigenvalue weighted by atomic mass is 19.4. The van der Waals surface area contributed by atoms with Crippen LogP contribution in [0.4, 0.5) is 18.9 Å². The molecule has 0 radical (unpaired) electrons. The fourth-order valence-electron chi connectivity index (χ4n) is 2.66. The summed E-state index contributed by atoms with van der Waals surface area (Å²) in [6, 6.07) is 4.65. The topological polar surface area (TPSA) is 116 Å². The van der Waals surface area contributed by atoms with Crippen LogP contribution in [0.1, 0.15) is 40.4 Å². The molecule has 0 aliphatic carbocycles. The minimum Gasteiger partial charge on any atom is -0.399 e. The Morgan fingerprint density at radius 3 is 2.47 bits per heavy atom. The predicted octanol–water partition coefficient (Wildman–Crippen LogP) is 2.42. The van der Waals surface area contributed by atoms with Crippen molar-refractivity contribution in [2.24, 2.45) is 0 Å². The molecule has 0 bridgehead atoms. The van der Waals surface area contributed by atoms with Crippen LogP contribution in [-0.2, 0) is 6.18 Å². The van der Waals surface area contributed by atoms with Gasteiger partial charge in [-0.15, -0.1) is 0 Å². The number of carbonyl (C=O) groups excluding carboxylic acids is 1. The van der Waals surface area contributed by atoms with E-state index in [-0.39, 0.29) is 22.6 Å². The first-order valence-electron chi connectivity index (χ1n) is 8.72. The average molecular weight is 418 g/mol. The smallest absolute Gasteiger partial charge is 0.399 e. The lowest BCUT2D eigenvalue weighted by Crippen LogP contribution is -2.31. The number of aryl methyl sites for hydroxylation is 1. The maximum atomic E-state index is 13.0. The molecule has 0 saturated carbocycles. The van der Waals surface area contributed by atoms with Gasteiger partial charge in [0, 0.05) is 11.8 Å². The van der Waals surface area contributed by atoms with Crippen molar-refractivity contribution in [1.82, 2.24) is 25.1 Å². The number of benzene rings is 1. The highest BCUT2D eigenvalue weighted by Gasteiger charge is 2.31. The fourth-order valence-corrected chi connectivity index (χ4v) is 2.66.